The number of benzene rings is 1. The molecule has 25 heavy (non-hydrogen) atoms. The number of halogens is 2. The first kappa shape index (κ1) is 17.4. The lowest BCUT2D eigenvalue weighted by atomic mass is 10.0. The molecule has 0 spiro atoms. The van der Waals surface area contributed by atoms with Crippen LogP contribution in [-0.4, -0.2) is 27.5 Å². The molecule has 0 saturated heterocycles. The summed E-state index contributed by atoms with van der Waals surface area (Å²) in [6, 6.07) is 5.96. The zero-order valence-corrected chi connectivity index (χ0v) is 14.6. The van der Waals surface area contributed by atoms with Gasteiger partial charge in [0.15, 0.2) is 0 Å². The first-order valence-electron chi connectivity index (χ1n) is 8.00. The van der Waals surface area contributed by atoms with Crippen LogP contribution < -0.4 is 5.32 Å². The highest BCUT2D eigenvalue weighted by Gasteiger charge is 2.32. The minimum absolute atomic E-state index is 0.155. The van der Waals surface area contributed by atoms with Gasteiger partial charge in [0.1, 0.15) is 5.82 Å². The summed E-state index contributed by atoms with van der Waals surface area (Å²) in [5.41, 5.74) is 1.26. The highest BCUT2D eigenvalue weighted by molar-refractivity contribution is 6.34. The van der Waals surface area contributed by atoms with Crippen molar-refractivity contribution >= 4 is 23.2 Å². The van der Waals surface area contributed by atoms with Crippen molar-refractivity contribution in [3.63, 3.8) is 0 Å². The Kier molecular flexibility index (Phi) is 5.03. The predicted octanol–water partition coefficient (Wildman–Crippen LogP) is 3.07. The molecule has 1 N–H and O–H groups in total. The Balaban J connectivity index is 1.64. The van der Waals surface area contributed by atoms with Gasteiger partial charge in [-0.2, -0.15) is 5.10 Å². The van der Waals surface area contributed by atoms with Crippen molar-refractivity contribution in [3.05, 3.63) is 52.6 Å². The average Bonchev–Trinajstić information content (AvgIpc) is 3.24. The number of nitrogens with zero attached hydrogens (tertiary/aromatic N) is 3. The Bertz CT molecular complexity index is 800. The lowest BCUT2D eigenvalue weighted by Gasteiger charge is -2.14. The highest BCUT2D eigenvalue weighted by atomic mass is 35.5. The molecule has 6 nitrogen and oxygen atoms in total. The molecule has 0 saturated carbocycles. The van der Waals surface area contributed by atoms with Crippen molar-refractivity contribution in [2.75, 3.05) is 0 Å². The number of aromatic nitrogens is 2. The van der Waals surface area contributed by atoms with E-state index in [2.05, 4.69) is 15.6 Å². The number of aryl methyl sites for hydroxylation is 1. The number of carbonyl (C=O) groups is 1. The average molecular weight is 365 g/mol. The third kappa shape index (κ3) is 3.66. The summed E-state index contributed by atoms with van der Waals surface area (Å²) < 4.78 is 15.7. The zero-order valence-electron chi connectivity index (χ0n) is 13.9. The predicted molar refractivity (Wildman–Crippen MR) is 91.9 cm³/mol. The number of hydrogen-bond donors (Lipinski definition) is 1. The summed E-state index contributed by atoms with van der Waals surface area (Å²) in [6.45, 7) is 4.58. The first-order valence-corrected chi connectivity index (χ1v) is 8.38. The van der Waals surface area contributed by atoms with E-state index in [9.17, 15) is 9.18 Å². The van der Waals surface area contributed by atoms with Crippen molar-refractivity contribution in [1.29, 1.82) is 0 Å². The number of hydrogen-bond acceptors (Lipinski definition) is 4. The summed E-state index contributed by atoms with van der Waals surface area (Å²) in [6.07, 6.45) is 1.19. The van der Waals surface area contributed by atoms with E-state index in [4.69, 9.17) is 16.4 Å². The van der Waals surface area contributed by atoms with Crippen molar-refractivity contribution in [2.24, 2.45) is 5.16 Å². The van der Waals surface area contributed by atoms with Crippen LogP contribution >= 0.6 is 11.6 Å². The summed E-state index contributed by atoms with van der Waals surface area (Å²) in [4.78, 5) is 17.6. The van der Waals surface area contributed by atoms with Crippen molar-refractivity contribution in [3.8, 4) is 0 Å². The molecule has 0 aliphatic carbocycles. The molecule has 0 bridgehead atoms. The molecule has 1 aliphatic rings. The van der Waals surface area contributed by atoms with Gasteiger partial charge in [-0.25, -0.2) is 4.39 Å². The smallest absolute Gasteiger partial charge is 0.264 e. The fraction of sp³-hybridized carbons (Fsp3) is 0.353. The van der Waals surface area contributed by atoms with E-state index < -0.39 is 11.9 Å². The van der Waals surface area contributed by atoms with Crippen LogP contribution in [0.1, 0.15) is 37.6 Å². The number of oxime groups is 1. The van der Waals surface area contributed by atoms with Gasteiger partial charge in [0.2, 0.25) is 6.10 Å². The molecule has 0 fully saturated rings. The van der Waals surface area contributed by atoms with Crippen LogP contribution in [0.25, 0.3) is 0 Å². The maximum Gasteiger partial charge on any atom is 0.264 e. The third-order valence-electron chi connectivity index (χ3n) is 4.00. The summed E-state index contributed by atoms with van der Waals surface area (Å²) >= 11 is 6.03. The Morgan fingerprint density at radius 1 is 1.52 bits per heavy atom. The van der Waals surface area contributed by atoms with Gasteiger partial charge in [0, 0.05) is 19.2 Å². The van der Waals surface area contributed by atoms with Crippen LogP contribution in [0.15, 0.2) is 35.6 Å². The van der Waals surface area contributed by atoms with Gasteiger partial charge in [-0.1, -0.05) is 22.8 Å². The van der Waals surface area contributed by atoms with Gasteiger partial charge >= 0.3 is 0 Å². The molecule has 0 radical (unpaired) electrons. The molecule has 1 aromatic carbocycles. The molecular weight excluding hydrogens is 347 g/mol. The molecular formula is C17H18ClFN4O2. The topological polar surface area (TPSA) is 68.5 Å². The number of nitrogens with one attached hydrogen (secondary N) is 1. The van der Waals surface area contributed by atoms with Gasteiger partial charge < -0.3 is 10.2 Å². The van der Waals surface area contributed by atoms with E-state index in [-0.39, 0.29) is 29.0 Å². The van der Waals surface area contributed by atoms with E-state index >= 15 is 0 Å². The molecule has 3 rings (SSSR count). The summed E-state index contributed by atoms with van der Waals surface area (Å²) in [7, 11) is 0. The molecule has 1 aromatic heterocycles. The Morgan fingerprint density at radius 2 is 2.32 bits per heavy atom. The van der Waals surface area contributed by atoms with Gasteiger partial charge in [-0.15, -0.1) is 0 Å². The van der Waals surface area contributed by atoms with Crippen LogP contribution in [0, 0.1) is 5.82 Å². The quantitative estimate of drug-likeness (QED) is 0.886. The van der Waals surface area contributed by atoms with Crippen LogP contribution in [0.3, 0.4) is 0 Å². The van der Waals surface area contributed by atoms with E-state index in [1.165, 1.54) is 12.1 Å². The second-order valence-electron chi connectivity index (χ2n) is 5.76. The molecule has 8 heteroatoms. The van der Waals surface area contributed by atoms with Gasteiger partial charge in [-0.05, 0) is 32.0 Å². The van der Waals surface area contributed by atoms with Crippen LogP contribution in [0.2, 0.25) is 5.02 Å². The number of rotatable bonds is 5. The first-order chi connectivity index (χ1) is 12.0. The van der Waals surface area contributed by atoms with Crippen molar-refractivity contribution in [1.82, 2.24) is 15.1 Å². The molecule has 2 atom stereocenters. The van der Waals surface area contributed by atoms with E-state index in [0.717, 1.165) is 12.2 Å². The Morgan fingerprint density at radius 3 is 3.00 bits per heavy atom. The maximum absolute atomic E-state index is 14.0. The van der Waals surface area contributed by atoms with Crippen LogP contribution in [0.5, 0.6) is 0 Å². The minimum Gasteiger partial charge on any atom is -0.382 e. The van der Waals surface area contributed by atoms with E-state index in [0.29, 0.717) is 5.71 Å². The molecule has 2 unspecified atom stereocenters. The lowest BCUT2D eigenvalue weighted by Crippen LogP contribution is -2.36. The van der Waals surface area contributed by atoms with E-state index in [1.807, 2.05) is 26.1 Å². The minimum atomic E-state index is -0.818. The largest absolute Gasteiger partial charge is 0.382 e. The van der Waals surface area contributed by atoms with Gasteiger partial charge in [-0.3, -0.25) is 9.48 Å². The number of amides is 1. The van der Waals surface area contributed by atoms with E-state index in [1.54, 1.807) is 10.7 Å². The Labute approximate surface area is 149 Å². The molecule has 132 valence electrons. The monoisotopic (exact) mass is 364 g/mol. The highest BCUT2D eigenvalue weighted by Crippen LogP contribution is 2.25. The standard InChI is InChI=1S/C17H18ClFN4O2/c1-3-23-8-7-13(21-23)10(2)20-17(24)15-9-14(22-25-15)16-11(18)5-4-6-12(16)19/h4-8,10,15H,3,9H2,1-2H3,(H,20,24). The van der Waals surface area contributed by atoms with Crippen LogP contribution in [-0.2, 0) is 16.2 Å². The number of carbonyl (C=O) groups excluding carboxylic acids is 1. The zero-order chi connectivity index (χ0) is 18.0. The van der Waals surface area contributed by atoms with Gasteiger partial charge in [0.25, 0.3) is 5.91 Å². The molecule has 2 aromatic rings. The normalized spacial score (nSPS) is 17.8. The summed E-state index contributed by atoms with van der Waals surface area (Å²) in [5.74, 6) is -0.820. The lowest BCUT2D eigenvalue weighted by molar-refractivity contribution is -0.131. The summed E-state index contributed by atoms with van der Waals surface area (Å²) in [5, 5.41) is 11.3. The second-order valence-corrected chi connectivity index (χ2v) is 6.17. The fourth-order valence-corrected chi connectivity index (χ4v) is 2.88. The molecule has 1 aliphatic heterocycles. The van der Waals surface area contributed by atoms with Crippen molar-refractivity contribution in [2.45, 2.75) is 39.0 Å². The molecule has 1 amide bonds. The third-order valence-corrected chi connectivity index (χ3v) is 4.32. The second kappa shape index (κ2) is 7.23. The fourth-order valence-electron chi connectivity index (χ4n) is 2.60. The maximum atomic E-state index is 14.0. The SMILES string of the molecule is CCn1ccc(C(C)NC(=O)C2CC(c3c(F)cccc3Cl)=NO2)n1. The van der Waals surface area contributed by atoms with Crippen molar-refractivity contribution < 1.29 is 14.0 Å². The van der Waals surface area contributed by atoms with Crippen LogP contribution in [0.4, 0.5) is 4.39 Å². The molecule has 2 heterocycles. The Hall–Kier alpha value is -2.41. The van der Waals surface area contributed by atoms with Gasteiger partial charge in [0.05, 0.1) is 28.0 Å².